The first-order valence-electron chi connectivity index (χ1n) is 11.1. The second kappa shape index (κ2) is 8.34. The van der Waals surface area contributed by atoms with Crippen molar-refractivity contribution >= 4 is 5.95 Å². The van der Waals surface area contributed by atoms with Gasteiger partial charge in [0, 0.05) is 32.8 Å². The van der Waals surface area contributed by atoms with Gasteiger partial charge in [-0.3, -0.25) is 9.36 Å². The van der Waals surface area contributed by atoms with E-state index in [1.165, 1.54) is 0 Å². The SMILES string of the molecule is Cn1c(N2CCC3(CC2)Cc2cncnc2[C@H]3N)ncc(C#CCc2cccc(O)c2)c1=O. The van der Waals surface area contributed by atoms with E-state index in [1.807, 2.05) is 12.3 Å². The van der Waals surface area contributed by atoms with E-state index < -0.39 is 0 Å². The van der Waals surface area contributed by atoms with Gasteiger partial charge in [-0.2, -0.15) is 0 Å². The molecule has 3 N–H and O–H groups in total. The lowest BCUT2D eigenvalue weighted by Gasteiger charge is -2.42. The zero-order valence-electron chi connectivity index (χ0n) is 18.5. The van der Waals surface area contributed by atoms with Crippen LogP contribution in [0, 0.1) is 17.3 Å². The van der Waals surface area contributed by atoms with Gasteiger partial charge >= 0.3 is 0 Å². The lowest BCUT2D eigenvalue weighted by molar-refractivity contribution is 0.185. The van der Waals surface area contributed by atoms with Crippen LogP contribution < -0.4 is 16.2 Å². The smallest absolute Gasteiger partial charge is 0.270 e. The number of piperidine rings is 1. The normalized spacial score (nSPS) is 18.6. The number of anilines is 1. The van der Waals surface area contributed by atoms with E-state index in [0.717, 1.165) is 49.2 Å². The molecule has 168 valence electrons. The second-order valence-electron chi connectivity index (χ2n) is 8.92. The third-order valence-electron chi connectivity index (χ3n) is 6.93. The highest BCUT2D eigenvalue weighted by Crippen LogP contribution is 2.49. The second-order valence-corrected chi connectivity index (χ2v) is 8.92. The molecule has 0 saturated carbocycles. The first kappa shape index (κ1) is 21.2. The summed E-state index contributed by atoms with van der Waals surface area (Å²) in [6.07, 6.45) is 8.18. The summed E-state index contributed by atoms with van der Waals surface area (Å²) in [6.45, 7) is 1.55. The Morgan fingerprint density at radius 1 is 1.24 bits per heavy atom. The van der Waals surface area contributed by atoms with Crippen LogP contribution in [-0.2, 0) is 19.9 Å². The monoisotopic (exact) mass is 442 g/mol. The fourth-order valence-electron chi connectivity index (χ4n) is 5.03. The highest BCUT2D eigenvalue weighted by atomic mass is 16.3. The van der Waals surface area contributed by atoms with E-state index in [4.69, 9.17) is 5.73 Å². The van der Waals surface area contributed by atoms with Gasteiger partial charge in [0.15, 0.2) is 0 Å². The molecule has 33 heavy (non-hydrogen) atoms. The van der Waals surface area contributed by atoms with Crippen LogP contribution >= 0.6 is 0 Å². The number of fused-ring (bicyclic) bond motifs is 1. The Balaban J connectivity index is 1.29. The number of phenols is 1. The lowest BCUT2D eigenvalue weighted by Crippen LogP contribution is -2.46. The molecule has 2 aromatic heterocycles. The summed E-state index contributed by atoms with van der Waals surface area (Å²) in [5.41, 5.74) is 9.81. The van der Waals surface area contributed by atoms with Crippen LogP contribution in [0.25, 0.3) is 0 Å². The Labute approximate surface area is 192 Å². The number of hydrogen-bond acceptors (Lipinski definition) is 7. The van der Waals surface area contributed by atoms with E-state index >= 15 is 0 Å². The molecule has 1 spiro atoms. The van der Waals surface area contributed by atoms with Crippen molar-refractivity contribution in [2.75, 3.05) is 18.0 Å². The Morgan fingerprint density at radius 2 is 2.06 bits per heavy atom. The molecule has 1 fully saturated rings. The van der Waals surface area contributed by atoms with Gasteiger partial charge in [-0.1, -0.05) is 24.0 Å². The first-order chi connectivity index (χ1) is 16.0. The van der Waals surface area contributed by atoms with Gasteiger partial charge in [0.05, 0.1) is 17.9 Å². The number of benzene rings is 1. The Kier molecular flexibility index (Phi) is 5.35. The van der Waals surface area contributed by atoms with Crippen molar-refractivity contribution in [3.8, 4) is 17.6 Å². The van der Waals surface area contributed by atoms with Crippen LogP contribution in [0.5, 0.6) is 5.75 Å². The fraction of sp³-hybridized carbons (Fsp3) is 0.360. The van der Waals surface area contributed by atoms with Crippen molar-refractivity contribution in [1.82, 2.24) is 19.5 Å². The Hall–Kier alpha value is -3.70. The number of rotatable bonds is 2. The zero-order chi connectivity index (χ0) is 23.0. The third-order valence-corrected chi connectivity index (χ3v) is 6.93. The molecule has 1 saturated heterocycles. The average Bonchev–Trinajstić information content (AvgIpc) is 3.09. The largest absolute Gasteiger partial charge is 0.508 e. The predicted molar refractivity (Wildman–Crippen MR) is 125 cm³/mol. The molecule has 2 aliphatic rings. The number of nitrogens with two attached hydrogens (primary N) is 1. The van der Waals surface area contributed by atoms with Crippen LogP contribution in [0.3, 0.4) is 0 Å². The summed E-state index contributed by atoms with van der Waals surface area (Å²) >= 11 is 0. The van der Waals surface area contributed by atoms with E-state index in [9.17, 15) is 9.90 Å². The zero-order valence-corrected chi connectivity index (χ0v) is 18.5. The van der Waals surface area contributed by atoms with Crippen LogP contribution in [0.15, 0.2) is 47.8 Å². The summed E-state index contributed by atoms with van der Waals surface area (Å²) in [4.78, 5) is 28.2. The Bertz CT molecular complexity index is 1310. The molecule has 8 nitrogen and oxygen atoms in total. The van der Waals surface area contributed by atoms with E-state index in [1.54, 1.807) is 42.3 Å². The Morgan fingerprint density at radius 3 is 2.82 bits per heavy atom. The number of phenolic OH excluding ortho intramolecular Hbond substituents is 1. The maximum Gasteiger partial charge on any atom is 0.270 e. The van der Waals surface area contributed by atoms with E-state index in [0.29, 0.717) is 17.9 Å². The highest BCUT2D eigenvalue weighted by molar-refractivity contribution is 5.40. The summed E-state index contributed by atoms with van der Waals surface area (Å²) in [6, 6.07) is 6.86. The van der Waals surface area contributed by atoms with Crippen molar-refractivity contribution < 1.29 is 5.11 Å². The summed E-state index contributed by atoms with van der Waals surface area (Å²) in [5, 5.41) is 9.56. The van der Waals surface area contributed by atoms with Crippen LogP contribution in [-0.4, -0.2) is 37.7 Å². The lowest BCUT2D eigenvalue weighted by atomic mass is 9.73. The minimum Gasteiger partial charge on any atom is -0.508 e. The van der Waals surface area contributed by atoms with Crippen LogP contribution in [0.4, 0.5) is 5.95 Å². The van der Waals surface area contributed by atoms with E-state index in [-0.39, 0.29) is 22.8 Å². The molecular weight excluding hydrogens is 416 g/mol. The molecule has 3 heterocycles. The highest BCUT2D eigenvalue weighted by Gasteiger charge is 2.47. The summed E-state index contributed by atoms with van der Waals surface area (Å²) < 4.78 is 1.57. The molecule has 1 aromatic carbocycles. The molecule has 0 bridgehead atoms. The maximum atomic E-state index is 12.9. The van der Waals surface area contributed by atoms with Gasteiger partial charge in [-0.05, 0) is 47.9 Å². The molecule has 5 rings (SSSR count). The fourth-order valence-corrected chi connectivity index (χ4v) is 5.03. The van der Waals surface area contributed by atoms with Gasteiger partial charge < -0.3 is 15.7 Å². The number of aromatic hydroxyl groups is 1. The third kappa shape index (κ3) is 3.85. The minimum atomic E-state index is -0.163. The van der Waals surface area contributed by atoms with Crippen molar-refractivity contribution in [2.24, 2.45) is 18.2 Å². The van der Waals surface area contributed by atoms with E-state index in [2.05, 4.69) is 31.7 Å². The van der Waals surface area contributed by atoms with Gasteiger partial charge in [-0.25, -0.2) is 15.0 Å². The maximum absolute atomic E-state index is 12.9. The van der Waals surface area contributed by atoms with Crippen LogP contribution in [0.1, 0.15) is 41.3 Å². The number of nitrogens with zero attached hydrogens (tertiary/aromatic N) is 5. The molecule has 1 aliphatic heterocycles. The molecule has 3 aromatic rings. The average molecular weight is 443 g/mol. The topological polar surface area (TPSA) is 110 Å². The van der Waals surface area contributed by atoms with Crippen molar-refractivity contribution in [2.45, 2.75) is 31.7 Å². The molecule has 1 aliphatic carbocycles. The molecule has 8 heteroatoms. The van der Waals surface area contributed by atoms with Crippen molar-refractivity contribution in [3.05, 3.63) is 75.7 Å². The molecule has 0 radical (unpaired) electrons. The van der Waals surface area contributed by atoms with Gasteiger partial charge in [0.1, 0.15) is 17.6 Å². The van der Waals surface area contributed by atoms with Crippen molar-refractivity contribution in [3.63, 3.8) is 0 Å². The molecule has 1 atom stereocenters. The quantitative estimate of drug-likeness (QED) is 0.582. The first-order valence-corrected chi connectivity index (χ1v) is 11.1. The standard InChI is InChI=1S/C25H26N6O2/c1-30-23(33)18(6-2-4-17-5-3-7-20(32)12-17)15-28-24(30)31-10-8-25(9-11-31)13-19-14-27-16-29-21(19)22(25)26/h3,5,7,12,14-16,22,32H,4,8-11,13,26H2,1H3/t22-/m1/s1. The van der Waals surface area contributed by atoms with Gasteiger partial charge in [-0.15, -0.1) is 0 Å². The van der Waals surface area contributed by atoms with Gasteiger partial charge in [0.2, 0.25) is 5.95 Å². The molecule has 0 amide bonds. The molecule has 0 unspecified atom stereocenters. The number of aromatic nitrogens is 4. The number of hydrogen-bond donors (Lipinski definition) is 2. The van der Waals surface area contributed by atoms with Gasteiger partial charge in [0.25, 0.3) is 5.56 Å². The summed E-state index contributed by atoms with van der Waals surface area (Å²) in [7, 11) is 1.74. The molecular formula is C25H26N6O2. The minimum absolute atomic E-state index is 0.00891. The van der Waals surface area contributed by atoms with Crippen LogP contribution in [0.2, 0.25) is 0 Å². The predicted octanol–water partition coefficient (Wildman–Crippen LogP) is 1.71. The summed E-state index contributed by atoms with van der Waals surface area (Å²) in [5.74, 6) is 6.79. The van der Waals surface area contributed by atoms with Crippen molar-refractivity contribution in [1.29, 1.82) is 0 Å².